The van der Waals surface area contributed by atoms with E-state index in [1.165, 1.54) is 0 Å². The minimum Gasteiger partial charge on any atom is -0.334 e. The molecule has 2 heterocycles. The average Bonchev–Trinajstić information content (AvgIpc) is 3.04. The summed E-state index contributed by atoms with van der Waals surface area (Å²) in [7, 11) is 0. The third kappa shape index (κ3) is 4.14. The van der Waals surface area contributed by atoms with E-state index >= 15 is 0 Å². The Morgan fingerprint density at radius 1 is 1.16 bits per heavy atom. The molecule has 0 bridgehead atoms. The van der Waals surface area contributed by atoms with E-state index in [1.807, 2.05) is 18.2 Å². The summed E-state index contributed by atoms with van der Waals surface area (Å²) in [6, 6.07) is 11.8. The van der Waals surface area contributed by atoms with E-state index in [4.69, 9.17) is 0 Å². The molecular formula is C23H25N5O4. The van der Waals surface area contributed by atoms with Crippen molar-refractivity contribution in [3.05, 3.63) is 59.2 Å². The SMILES string of the molecule is CC(=O)N1CCCc2cc(NC(=O)NCc3cccc(C4(C)NC(=O)NC4=O)c3)ccc21. The highest BCUT2D eigenvalue weighted by Gasteiger charge is 2.43. The predicted octanol–water partition coefficient (Wildman–Crippen LogP) is 2.36. The van der Waals surface area contributed by atoms with E-state index in [1.54, 1.807) is 43.0 Å². The van der Waals surface area contributed by atoms with Crippen molar-refractivity contribution in [1.82, 2.24) is 16.0 Å². The molecule has 0 radical (unpaired) electrons. The van der Waals surface area contributed by atoms with Gasteiger partial charge in [-0.2, -0.15) is 0 Å². The van der Waals surface area contributed by atoms with Crippen molar-refractivity contribution in [2.75, 3.05) is 16.8 Å². The molecule has 1 atom stereocenters. The second kappa shape index (κ2) is 8.33. The zero-order valence-corrected chi connectivity index (χ0v) is 18.0. The first-order valence-corrected chi connectivity index (χ1v) is 10.4. The van der Waals surface area contributed by atoms with Crippen molar-refractivity contribution in [3.63, 3.8) is 0 Å². The van der Waals surface area contributed by atoms with Gasteiger partial charge in [-0.1, -0.05) is 24.3 Å². The number of carbonyl (C=O) groups excluding carboxylic acids is 4. The summed E-state index contributed by atoms with van der Waals surface area (Å²) < 4.78 is 0. The number of carbonyl (C=O) groups is 4. The van der Waals surface area contributed by atoms with Crippen LogP contribution in [0.25, 0.3) is 0 Å². The maximum absolute atomic E-state index is 12.4. The summed E-state index contributed by atoms with van der Waals surface area (Å²) in [4.78, 5) is 49.7. The number of aryl methyl sites for hydroxylation is 1. The van der Waals surface area contributed by atoms with Crippen molar-refractivity contribution in [2.24, 2.45) is 0 Å². The van der Waals surface area contributed by atoms with Crippen LogP contribution >= 0.6 is 0 Å². The van der Waals surface area contributed by atoms with Crippen LogP contribution in [0.1, 0.15) is 37.0 Å². The monoisotopic (exact) mass is 435 g/mol. The fraction of sp³-hybridized carbons (Fsp3) is 0.304. The van der Waals surface area contributed by atoms with Crippen molar-refractivity contribution in [2.45, 2.75) is 38.8 Å². The van der Waals surface area contributed by atoms with E-state index in [0.29, 0.717) is 17.8 Å². The molecule has 0 aromatic heterocycles. The molecule has 0 spiro atoms. The lowest BCUT2D eigenvalue weighted by Gasteiger charge is -2.29. The fourth-order valence-corrected chi connectivity index (χ4v) is 4.10. The Balaban J connectivity index is 1.39. The van der Waals surface area contributed by atoms with Crippen LogP contribution in [0.2, 0.25) is 0 Å². The molecule has 1 fully saturated rings. The van der Waals surface area contributed by atoms with Gasteiger partial charge in [0.15, 0.2) is 0 Å². The molecule has 0 aliphatic carbocycles. The van der Waals surface area contributed by atoms with Gasteiger partial charge in [0, 0.05) is 31.4 Å². The van der Waals surface area contributed by atoms with Crippen molar-refractivity contribution >= 4 is 35.3 Å². The Bertz CT molecular complexity index is 1120. The van der Waals surface area contributed by atoms with Crippen molar-refractivity contribution in [3.8, 4) is 0 Å². The van der Waals surface area contributed by atoms with Crippen LogP contribution in [0, 0.1) is 0 Å². The number of urea groups is 2. The summed E-state index contributed by atoms with van der Waals surface area (Å²) in [5.41, 5.74) is 2.84. The minimum atomic E-state index is -1.15. The zero-order chi connectivity index (χ0) is 22.9. The van der Waals surface area contributed by atoms with E-state index in [-0.39, 0.29) is 18.5 Å². The number of fused-ring (bicyclic) bond motifs is 1. The second-order valence-corrected chi connectivity index (χ2v) is 8.16. The summed E-state index contributed by atoms with van der Waals surface area (Å²) in [6.45, 7) is 4.14. The molecule has 9 heteroatoms. The van der Waals surface area contributed by atoms with E-state index in [2.05, 4.69) is 21.3 Å². The molecule has 166 valence electrons. The molecule has 4 N–H and O–H groups in total. The number of nitrogens with zero attached hydrogens (tertiary/aromatic N) is 1. The molecule has 32 heavy (non-hydrogen) atoms. The molecule has 1 unspecified atom stereocenters. The van der Waals surface area contributed by atoms with E-state index in [0.717, 1.165) is 29.7 Å². The second-order valence-electron chi connectivity index (χ2n) is 8.16. The highest BCUT2D eigenvalue weighted by Crippen LogP contribution is 2.30. The molecule has 2 aromatic carbocycles. The predicted molar refractivity (Wildman–Crippen MR) is 119 cm³/mol. The number of rotatable bonds is 4. The summed E-state index contributed by atoms with van der Waals surface area (Å²) in [5.74, 6) is -0.406. The van der Waals surface area contributed by atoms with Crippen LogP contribution in [-0.4, -0.2) is 30.4 Å². The third-order valence-electron chi connectivity index (χ3n) is 5.84. The number of anilines is 2. The Kier molecular flexibility index (Phi) is 5.56. The maximum Gasteiger partial charge on any atom is 0.322 e. The molecule has 6 amide bonds. The van der Waals surface area contributed by atoms with Gasteiger partial charge in [0.05, 0.1) is 0 Å². The number of hydrogen-bond donors (Lipinski definition) is 4. The van der Waals surface area contributed by atoms with Gasteiger partial charge in [-0.3, -0.25) is 14.9 Å². The van der Waals surface area contributed by atoms with Crippen molar-refractivity contribution < 1.29 is 19.2 Å². The van der Waals surface area contributed by atoms with Crippen molar-refractivity contribution in [1.29, 1.82) is 0 Å². The van der Waals surface area contributed by atoms with Gasteiger partial charge in [-0.25, -0.2) is 9.59 Å². The normalized spacial score (nSPS) is 19.6. The van der Waals surface area contributed by atoms with Crippen LogP contribution in [-0.2, 0) is 28.1 Å². The fourth-order valence-electron chi connectivity index (χ4n) is 4.10. The number of hydrogen-bond acceptors (Lipinski definition) is 4. The Morgan fingerprint density at radius 3 is 2.69 bits per heavy atom. The lowest BCUT2D eigenvalue weighted by Crippen LogP contribution is -2.40. The zero-order valence-electron chi connectivity index (χ0n) is 18.0. The lowest BCUT2D eigenvalue weighted by atomic mass is 9.91. The molecule has 2 aliphatic rings. The number of benzene rings is 2. The number of imide groups is 1. The Hall–Kier alpha value is -3.88. The van der Waals surface area contributed by atoms with Gasteiger partial charge in [0.2, 0.25) is 5.91 Å². The highest BCUT2D eigenvalue weighted by atomic mass is 16.2. The van der Waals surface area contributed by atoms with E-state index < -0.39 is 17.5 Å². The first kappa shape index (κ1) is 21.4. The first-order chi connectivity index (χ1) is 15.3. The third-order valence-corrected chi connectivity index (χ3v) is 5.84. The molecule has 4 rings (SSSR count). The molecule has 1 saturated heterocycles. The molecule has 2 aliphatic heterocycles. The Morgan fingerprint density at radius 2 is 1.97 bits per heavy atom. The standard InChI is InChI=1S/C23H25N5O4/c1-14(29)28-10-4-6-16-12-18(8-9-19(16)28)25-21(31)24-13-15-5-3-7-17(11-15)23(2)20(30)26-22(32)27-23/h3,5,7-9,11-12H,4,6,10,13H2,1-2H3,(H2,24,25,31)(H2,26,27,30,32). The van der Waals surface area contributed by atoms with E-state index in [9.17, 15) is 19.2 Å². The van der Waals surface area contributed by atoms with Gasteiger partial charge >= 0.3 is 12.1 Å². The van der Waals surface area contributed by atoms with Gasteiger partial charge in [0.25, 0.3) is 5.91 Å². The molecule has 9 nitrogen and oxygen atoms in total. The first-order valence-electron chi connectivity index (χ1n) is 10.4. The largest absolute Gasteiger partial charge is 0.334 e. The summed E-state index contributed by atoms with van der Waals surface area (Å²) in [6.07, 6.45) is 1.74. The summed E-state index contributed by atoms with van der Waals surface area (Å²) >= 11 is 0. The Labute approximate surface area is 185 Å². The average molecular weight is 435 g/mol. The van der Waals surface area contributed by atoms with Crippen LogP contribution in [0.4, 0.5) is 21.0 Å². The van der Waals surface area contributed by atoms with Gasteiger partial charge in [-0.05, 0) is 54.7 Å². The minimum absolute atomic E-state index is 0.00939. The lowest BCUT2D eigenvalue weighted by molar-refractivity contribution is -0.123. The number of amides is 6. The molecule has 2 aromatic rings. The quantitative estimate of drug-likeness (QED) is 0.551. The molecular weight excluding hydrogens is 410 g/mol. The van der Waals surface area contributed by atoms with Crippen LogP contribution in [0.3, 0.4) is 0 Å². The van der Waals surface area contributed by atoms with Crippen LogP contribution < -0.4 is 26.2 Å². The van der Waals surface area contributed by atoms with Gasteiger partial charge in [0.1, 0.15) is 5.54 Å². The summed E-state index contributed by atoms with van der Waals surface area (Å²) in [5, 5.41) is 10.5. The number of nitrogens with one attached hydrogen (secondary N) is 4. The van der Waals surface area contributed by atoms with Crippen LogP contribution in [0.5, 0.6) is 0 Å². The van der Waals surface area contributed by atoms with Crippen LogP contribution in [0.15, 0.2) is 42.5 Å². The van der Waals surface area contributed by atoms with Gasteiger partial charge in [-0.15, -0.1) is 0 Å². The molecule has 0 saturated carbocycles. The smallest absolute Gasteiger partial charge is 0.322 e. The van der Waals surface area contributed by atoms with Gasteiger partial charge < -0.3 is 20.9 Å². The highest BCUT2D eigenvalue weighted by molar-refractivity contribution is 6.07. The topological polar surface area (TPSA) is 120 Å². The maximum atomic E-state index is 12.4.